The molecule has 0 fully saturated rings. The number of fused-ring (bicyclic) bond motifs is 1. The maximum absolute atomic E-state index is 14.0. The molecule has 0 bridgehead atoms. The van der Waals surface area contributed by atoms with E-state index in [9.17, 15) is 14.0 Å². The molecule has 0 aromatic heterocycles. The standard InChI is InChI=1S/C23H25ClFNO4S/c1-2-3-10-30-23(29)18-12-26-9-8-16-15(18)6-7-19(24)21(16)31-13-14-4-5-17(22(27)28)20(25)11-14/h4-7,11,18,26H,2-3,8-10,12-13H2,1H3,(H,27,28). The van der Waals surface area contributed by atoms with E-state index in [1.807, 2.05) is 13.0 Å². The maximum Gasteiger partial charge on any atom is 0.338 e. The highest BCUT2D eigenvalue weighted by Crippen LogP contribution is 2.38. The first-order valence-corrected chi connectivity index (χ1v) is 11.6. The van der Waals surface area contributed by atoms with Crippen LogP contribution in [-0.2, 0) is 21.7 Å². The first-order chi connectivity index (χ1) is 14.9. The second-order valence-electron chi connectivity index (χ2n) is 7.38. The highest BCUT2D eigenvalue weighted by molar-refractivity contribution is 7.98. The van der Waals surface area contributed by atoms with Gasteiger partial charge in [-0.25, -0.2) is 9.18 Å². The molecule has 0 aliphatic carbocycles. The normalized spacial score (nSPS) is 15.8. The van der Waals surface area contributed by atoms with E-state index in [2.05, 4.69) is 5.32 Å². The Bertz CT molecular complexity index is 969. The number of carbonyl (C=O) groups is 2. The Morgan fingerprint density at radius 3 is 2.84 bits per heavy atom. The van der Waals surface area contributed by atoms with Gasteiger partial charge >= 0.3 is 11.9 Å². The van der Waals surface area contributed by atoms with Gasteiger partial charge in [-0.3, -0.25) is 4.79 Å². The van der Waals surface area contributed by atoms with E-state index in [4.69, 9.17) is 21.4 Å². The zero-order valence-corrected chi connectivity index (χ0v) is 18.8. The molecule has 1 atom stereocenters. The van der Waals surface area contributed by atoms with Gasteiger partial charge in [-0.05, 0) is 54.3 Å². The lowest BCUT2D eigenvalue weighted by molar-refractivity contribution is -0.145. The minimum absolute atomic E-state index is 0.242. The fourth-order valence-corrected chi connectivity index (χ4v) is 4.96. The predicted octanol–water partition coefficient (Wildman–Crippen LogP) is 5.04. The summed E-state index contributed by atoms with van der Waals surface area (Å²) < 4.78 is 19.5. The average molecular weight is 466 g/mol. The summed E-state index contributed by atoms with van der Waals surface area (Å²) in [6.07, 6.45) is 2.50. The number of aromatic carboxylic acids is 1. The second-order valence-corrected chi connectivity index (χ2v) is 8.77. The van der Waals surface area contributed by atoms with Crippen LogP contribution in [0, 0.1) is 5.82 Å². The number of ether oxygens (including phenoxy) is 1. The molecular formula is C23H25ClFNO4S. The minimum Gasteiger partial charge on any atom is -0.478 e. The molecule has 0 spiro atoms. The van der Waals surface area contributed by atoms with Crippen molar-refractivity contribution in [3.63, 3.8) is 0 Å². The highest BCUT2D eigenvalue weighted by atomic mass is 35.5. The van der Waals surface area contributed by atoms with Crippen LogP contribution in [0.25, 0.3) is 0 Å². The van der Waals surface area contributed by atoms with Crippen LogP contribution >= 0.6 is 23.4 Å². The first-order valence-electron chi connectivity index (χ1n) is 10.3. The Balaban J connectivity index is 1.83. The lowest BCUT2D eigenvalue weighted by atomic mass is 9.94. The molecule has 2 aromatic carbocycles. The van der Waals surface area contributed by atoms with E-state index < -0.39 is 17.7 Å². The van der Waals surface area contributed by atoms with Crippen molar-refractivity contribution in [3.8, 4) is 0 Å². The van der Waals surface area contributed by atoms with Crippen molar-refractivity contribution in [1.29, 1.82) is 0 Å². The smallest absolute Gasteiger partial charge is 0.338 e. The monoisotopic (exact) mass is 465 g/mol. The van der Waals surface area contributed by atoms with Crippen molar-refractivity contribution < 1.29 is 23.8 Å². The van der Waals surface area contributed by atoms with Crippen LogP contribution in [0.15, 0.2) is 35.2 Å². The lowest BCUT2D eigenvalue weighted by Crippen LogP contribution is -2.27. The SMILES string of the molecule is CCCCOC(=O)C1CNCCc2c1ccc(Cl)c2SCc1ccc(C(=O)O)c(F)c1. The van der Waals surface area contributed by atoms with Crippen molar-refractivity contribution in [2.75, 3.05) is 19.7 Å². The van der Waals surface area contributed by atoms with E-state index >= 15 is 0 Å². The number of benzene rings is 2. The fraction of sp³-hybridized carbons (Fsp3) is 0.391. The molecule has 5 nitrogen and oxygen atoms in total. The predicted molar refractivity (Wildman–Crippen MR) is 120 cm³/mol. The summed E-state index contributed by atoms with van der Waals surface area (Å²) in [6, 6.07) is 7.79. The van der Waals surface area contributed by atoms with Gasteiger partial charge in [-0.2, -0.15) is 0 Å². The Kier molecular flexibility index (Phi) is 8.35. The molecule has 0 amide bonds. The number of nitrogens with one attached hydrogen (secondary N) is 1. The van der Waals surface area contributed by atoms with Gasteiger partial charge in [0.2, 0.25) is 0 Å². The number of rotatable bonds is 8. The average Bonchev–Trinajstić information content (AvgIpc) is 2.95. The number of unbranched alkanes of at least 4 members (excludes halogenated alkanes) is 1. The molecule has 1 aliphatic heterocycles. The van der Waals surface area contributed by atoms with Gasteiger partial charge in [0.05, 0.1) is 23.1 Å². The zero-order chi connectivity index (χ0) is 22.4. The molecular weight excluding hydrogens is 441 g/mol. The van der Waals surface area contributed by atoms with Crippen LogP contribution < -0.4 is 5.32 Å². The van der Waals surface area contributed by atoms with Gasteiger partial charge in [0.15, 0.2) is 0 Å². The molecule has 1 aliphatic rings. The molecule has 3 rings (SSSR count). The Morgan fingerprint density at radius 1 is 1.32 bits per heavy atom. The molecule has 0 saturated carbocycles. The molecule has 8 heteroatoms. The summed E-state index contributed by atoms with van der Waals surface area (Å²) >= 11 is 7.96. The summed E-state index contributed by atoms with van der Waals surface area (Å²) in [6.45, 7) is 3.67. The van der Waals surface area contributed by atoms with Gasteiger partial charge < -0.3 is 15.2 Å². The van der Waals surface area contributed by atoms with Crippen molar-refractivity contribution in [2.24, 2.45) is 0 Å². The number of carbonyl (C=O) groups excluding carboxylic acids is 1. The maximum atomic E-state index is 14.0. The van der Waals surface area contributed by atoms with E-state index in [0.29, 0.717) is 42.5 Å². The minimum atomic E-state index is -1.29. The first kappa shape index (κ1) is 23.6. The Hall–Kier alpha value is -2.09. The summed E-state index contributed by atoms with van der Waals surface area (Å²) in [4.78, 5) is 24.6. The molecule has 0 radical (unpaired) electrons. The van der Waals surface area contributed by atoms with Crippen LogP contribution in [-0.4, -0.2) is 36.7 Å². The van der Waals surface area contributed by atoms with Gasteiger partial charge in [-0.1, -0.05) is 37.1 Å². The number of carboxylic acids is 1. The molecule has 31 heavy (non-hydrogen) atoms. The Labute approximate surface area is 190 Å². The van der Waals surface area contributed by atoms with E-state index in [-0.39, 0.29) is 11.5 Å². The molecule has 166 valence electrons. The quantitative estimate of drug-likeness (QED) is 0.323. The molecule has 2 aromatic rings. The van der Waals surface area contributed by atoms with Gasteiger partial charge in [0.1, 0.15) is 5.82 Å². The number of hydrogen-bond acceptors (Lipinski definition) is 5. The van der Waals surface area contributed by atoms with Gasteiger partial charge in [0, 0.05) is 17.2 Å². The summed E-state index contributed by atoms with van der Waals surface area (Å²) in [5.74, 6) is -2.28. The highest BCUT2D eigenvalue weighted by Gasteiger charge is 2.28. The Morgan fingerprint density at radius 2 is 2.13 bits per heavy atom. The summed E-state index contributed by atoms with van der Waals surface area (Å²) in [7, 11) is 0. The number of hydrogen-bond donors (Lipinski definition) is 2. The van der Waals surface area contributed by atoms with E-state index in [1.54, 1.807) is 12.1 Å². The number of esters is 1. The largest absolute Gasteiger partial charge is 0.478 e. The van der Waals surface area contributed by atoms with Crippen LogP contribution in [0.4, 0.5) is 4.39 Å². The van der Waals surface area contributed by atoms with Crippen molar-refractivity contribution >= 4 is 35.3 Å². The van der Waals surface area contributed by atoms with E-state index in [0.717, 1.165) is 28.9 Å². The molecule has 1 heterocycles. The fourth-order valence-electron chi connectivity index (χ4n) is 3.53. The van der Waals surface area contributed by atoms with E-state index in [1.165, 1.54) is 23.9 Å². The lowest BCUT2D eigenvalue weighted by Gasteiger charge is -2.19. The molecule has 2 N–H and O–H groups in total. The van der Waals surface area contributed by atoms with Crippen molar-refractivity contribution in [1.82, 2.24) is 5.32 Å². The summed E-state index contributed by atoms with van der Waals surface area (Å²) in [5, 5.41) is 12.9. The molecule has 1 unspecified atom stereocenters. The van der Waals surface area contributed by atoms with Gasteiger partial charge in [0.25, 0.3) is 0 Å². The number of halogens is 2. The van der Waals surface area contributed by atoms with Crippen LogP contribution in [0.2, 0.25) is 5.02 Å². The zero-order valence-electron chi connectivity index (χ0n) is 17.2. The van der Waals surface area contributed by atoms with Crippen LogP contribution in [0.3, 0.4) is 0 Å². The number of carboxylic acid groups (broad SMARTS) is 1. The third kappa shape index (κ3) is 5.79. The third-order valence-corrected chi connectivity index (χ3v) is 6.86. The van der Waals surface area contributed by atoms with Crippen molar-refractivity contribution in [2.45, 2.75) is 42.8 Å². The van der Waals surface area contributed by atoms with Crippen molar-refractivity contribution in [3.05, 3.63) is 63.4 Å². The number of thioether (sulfide) groups is 1. The van der Waals surface area contributed by atoms with Crippen LogP contribution in [0.5, 0.6) is 0 Å². The third-order valence-electron chi connectivity index (χ3n) is 5.20. The topological polar surface area (TPSA) is 75.6 Å². The molecule has 0 saturated heterocycles. The second kappa shape index (κ2) is 11.0. The van der Waals surface area contributed by atoms with Gasteiger partial charge in [-0.15, -0.1) is 11.8 Å². The van der Waals surface area contributed by atoms with Crippen LogP contribution in [0.1, 0.15) is 52.7 Å². The summed E-state index contributed by atoms with van der Waals surface area (Å²) in [5.41, 5.74) is 2.22.